The maximum absolute atomic E-state index is 12.9. The average Bonchev–Trinajstić information content (AvgIpc) is 2.65. The number of nitrogens with one attached hydrogen (secondary N) is 1. The third-order valence-electron chi connectivity index (χ3n) is 4.35. The molecule has 0 unspecified atom stereocenters. The lowest BCUT2D eigenvalue weighted by Crippen LogP contribution is -2.43. The summed E-state index contributed by atoms with van der Waals surface area (Å²) in [4.78, 5) is 17.3. The Balaban J connectivity index is 2.73. The van der Waals surface area contributed by atoms with Crippen molar-refractivity contribution in [3.63, 3.8) is 0 Å². The highest BCUT2D eigenvalue weighted by molar-refractivity contribution is 5.97. The molecule has 0 aliphatic carbocycles. The van der Waals surface area contributed by atoms with Crippen LogP contribution in [-0.4, -0.2) is 42.9 Å². The van der Waals surface area contributed by atoms with Crippen LogP contribution in [0.4, 0.5) is 5.69 Å². The van der Waals surface area contributed by atoms with Gasteiger partial charge in [-0.25, -0.2) is 4.98 Å². The summed E-state index contributed by atoms with van der Waals surface area (Å²) < 4.78 is 16.7. The average molecular weight is 381 g/mol. The molecule has 0 aromatic carbocycles. The zero-order chi connectivity index (χ0) is 20.1. The normalized spacial score (nSPS) is 13.2. The molecule has 0 spiro atoms. The van der Waals surface area contributed by atoms with Gasteiger partial charge in [-0.05, 0) is 39.7 Å². The summed E-state index contributed by atoms with van der Waals surface area (Å²) >= 11 is 0. The third-order valence-corrected chi connectivity index (χ3v) is 4.35. The molecule has 1 atom stereocenters. The predicted molar refractivity (Wildman–Crippen MR) is 108 cm³/mol. The minimum atomic E-state index is -0.829. The number of rotatable bonds is 14. The minimum absolute atomic E-state index is 0.123. The first-order chi connectivity index (χ1) is 13.0. The highest BCUT2D eigenvalue weighted by atomic mass is 16.5. The first kappa shape index (κ1) is 23.4. The molecule has 0 saturated heterocycles. The quantitative estimate of drug-likeness (QED) is 0.481. The van der Waals surface area contributed by atoms with Crippen molar-refractivity contribution in [2.45, 2.75) is 72.3 Å². The monoisotopic (exact) mass is 380 g/mol. The van der Waals surface area contributed by atoms with Crippen LogP contribution in [-0.2, 0) is 14.3 Å². The number of nitrogens with zero attached hydrogens (tertiary/aromatic N) is 1. The van der Waals surface area contributed by atoms with Crippen LogP contribution in [0.25, 0.3) is 0 Å². The van der Waals surface area contributed by atoms with Crippen LogP contribution in [0.2, 0.25) is 0 Å². The zero-order valence-corrected chi connectivity index (χ0v) is 17.6. The SMILES string of the molecule is CCCCC[C@@](C)(OCCC)C(=O)Nc1ccc(OCCOCC)nc1C. The summed E-state index contributed by atoms with van der Waals surface area (Å²) in [5, 5.41) is 2.98. The van der Waals surface area contributed by atoms with Crippen LogP contribution in [0.1, 0.15) is 65.5 Å². The number of carbonyl (C=O) groups is 1. The Morgan fingerprint density at radius 2 is 1.89 bits per heavy atom. The van der Waals surface area contributed by atoms with Gasteiger partial charge in [-0.2, -0.15) is 0 Å². The lowest BCUT2D eigenvalue weighted by molar-refractivity contribution is -0.140. The smallest absolute Gasteiger partial charge is 0.256 e. The molecule has 0 bridgehead atoms. The molecule has 1 N–H and O–H groups in total. The summed E-state index contributed by atoms with van der Waals surface area (Å²) in [7, 11) is 0. The van der Waals surface area contributed by atoms with E-state index in [1.54, 1.807) is 6.07 Å². The number of aromatic nitrogens is 1. The fourth-order valence-electron chi connectivity index (χ4n) is 2.65. The molecule has 0 aliphatic rings. The number of hydrogen-bond acceptors (Lipinski definition) is 5. The Morgan fingerprint density at radius 1 is 1.11 bits per heavy atom. The molecular formula is C21H36N2O4. The fraction of sp³-hybridized carbons (Fsp3) is 0.714. The maximum atomic E-state index is 12.9. The fourth-order valence-corrected chi connectivity index (χ4v) is 2.65. The lowest BCUT2D eigenvalue weighted by Gasteiger charge is -2.29. The Bertz CT molecular complexity index is 565. The van der Waals surface area contributed by atoms with E-state index < -0.39 is 5.60 Å². The number of unbranched alkanes of at least 4 members (excludes halogenated alkanes) is 2. The molecule has 1 aromatic heterocycles. The van der Waals surface area contributed by atoms with Gasteiger partial charge in [0.25, 0.3) is 5.91 Å². The summed E-state index contributed by atoms with van der Waals surface area (Å²) in [5.74, 6) is 0.403. The molecule has 1 rings (SSSR count). The van der Waals surface area contributed by atoms with Crippen molar-refractivity contribution in [1.82, 2.24) is 4.98 Å². The summed E-state index contributed by atoms with van der Waals surface area (Å²) in [6.45, 7) is 12.1. The van der Waals surface area contributed by atoms with Gasteiger partial charge in [-0.15, -0.1) is 0 Å². The van der Waals surface area contributed by atoms with E-state index in [1.807, 2.05) is 33.8 Å². The standard InChI is InChI=1S/C21H36N2O4/c1-6-9-10-13-21(5,27-14-7-2)20(24)23-18-11-12-19(22-17(18)4)26-16-15-25-8-3/h11-12H,6-10,13-16H2,1-5H3,(H,23,24)/t21-/m1/s1. The van der Waals surface area contributed by atoms with E-state index >= 15 is 0 Å². The molecular weight excluding hydrogens is 344 g/mol. The summed E-state index contributed by atoms with van der Waals surface area (Å²) in [6, 6.07) is 3.58. The van der Waals surface area contributed by atoms with Crippen molar-refractivity contribution < 1.29 is 19.0 Å². The van der Waals surface area contributed by atoms with Crippen LogP contribution in [0.5, 0.6) is 5.88 Å². The second-order valence-corrected chi connectivity index (χ2v) is 6.82. The van der Waals surface area contributed by atoms with Crippen molar-refractivity contribution in [2.24, 2.45) is 0 Å². The number of hydrogen-bond donors (Lipinski definition) is 1. The first-order valence-corrected chi connectivity index (χ1v) is 10.1. The van der Waals surface area contributed by atoms with E-state index in [4.69, 9.17) is 14.2 Å². The number of carbonyl (C=O) groups excluding carboxylic acids is 1. The number of pyridine rings is 1. The van der Waals surface area contributed by atoms with Gasteiger partial charge in [0.15, 0.2) is 0 Å². The van der Waals surface area contributed by atoms with Gasteiger partial charge in [0.1, 0.15) is 12.2 Å². The van der Waals surface area contributed by atoms with Gasteiger partial charge in [0.05, 0.1) is 18.0 Å². The molecule has 0 saturated carbocycles. The first-order valence-electron chi connectivity index (χ1n) is 10.1. The van der Waals surface area contributed by atoms with E-state index in [1.165, 1.54) is 0 Å². The van der Waals surface area contributed by atoms with Crippen LogP contribution < -0.4 is 10.1 Å². The molecule has 0 fully saturated rings. The Hall–Kier alpha value is -1.66. The molecule has 1 aromatic rings. The highest BCUT2D eigenvalue weighted by Gasteiger charge is 2.33. The van der Waals surface area contributed by atoms with Crippen LogP contribution in [0, 0.1) is 6.92 Å². The zero-order valence-electron chi connectivity index (χ0n) is 17.6. The van der Waals surface area contributed by atoms with Crippen molar-refractivity contribution in [1.29, 1.82) is 0 Å². The highest BCUT2D eigenvalue weighted by Crippen LogP contribution is 2.24. The molecule has 1 heterocycles. The predicted octanol–water partition coefficient (Wildman–Crippen LogP) is 4.51. The number of anilines is 1. The Morgan fingerprint density at radius 3 is 2.52 bits per heavy atom. The van der Waals surface area contributed by atoms with Gasteiger partial charge in [-0.3, -0.25) is 4.79 Å². The topological polar surface area (TPSA) is 69.7 Å². The van der Waals surface area contributed by atoms with Crippen LogP contribution in [0.3, 0.4) is 0 Å². The summed E-state index contributed by atoms with van der Waals surface area (Å²) in [5.41, 5.74) is 0.562. The number of ether oxygens (including phenoxy) is 3. The third kappa shape index (κ3) is 8.26. The van der Waals surface area contributed by atoms with E-state index in [-0.39, 0.29) is 5.91 Å². The maximum Gasteiger partial charge on any atom is 0.256 e. The molecule has 0 aliphatic heterocycles. The van der Waals surface area contributed by atoms with Crippen molar-refractivity contribution in [2.75, 3.05) is 31.7 Å². The molecule has 6 nitrogen and oxygen atoms in total. The number of amides is 1. The van der Waals surface area contributed by atoms with E-state index in [0.717, 1.165) is 25.7 Å². The van der Waals surface area contributed by atoms with Crippen molar-refractivity contribution >= 4 is 11.6 Å². The molecule has 154 valence electrons. The largest absolute Gasteiger partial charge is 0.475 e. The minimum Gasteiger partial charge on any atom is -0.475 e. The second kappa shape index (κ2) is 12.7. The number of aryl methyl sites for hydroxylation is 1. The van der Waals surface area contributed by atoms with Gasteiger partial charge in [0, 0.05) is 19.3 Å². The van der Waals surface area contributed by atoms with Gasteiger partial charge in [-0.1, -0.05) is 33.1 Å². The van der Waals surface area contributed by atoms with E-state index in [9.17, 15) is 4.79 Å². The van der Waals surface area contributed by atoms with Crippen molar-refractivity contribution in [3.05, 3.63) is 17.8 Å². The molecule has 1 amide bonds. The van der Waals surface area contributed by atoms with E-state index in [0.29, 0.717) is 50.1 Å². The van der Waals surface area contributed by atoms with Crippen LogP contribution in [0.15, 0.2) is 12.1 Å². The van der Waals surface area contributed by atoms with Crippen LogP contribution >= 0.6 is 0 Å². The summed E-state index contributed by atoms with van der Waals surface area (Å²) in [6.07, 6.45) is 4.75. The Kier molecular flexibility index (Phi) is 11.0. The van der Waals surface area contributed by atoms with Crippen molar-refractivity contribution in [3.8, 4) is 5.88 Å². The van der Waals surface area contributed by atoms with E-state index in [2.05, 4.69) is 17.2 Å². The molecule has 0 radical (unpaired) electrons. The second-order valence-electron chi connectivity index (χ2n) is 6.82. The Labute approximate surface area is 164 Å². The van der Waals surface area contributed by atoms with Gasteiger partial charge < -0.3 is 19.5 Å². The molecule has 6 heteroatoms. The van der Waals surface area contributed by atoms with Gasteiger partial charge in [0.2, 0.25) is 5.88 Å². The molecule has 27 heavy (non-hydrogen) atoms. The van der Waals surface area contributed by atoms with Gasteiger partial charge >= 0.3 is 0 Å². The lowest BCUT2D eigenvalue weighted by atomic mass is 9.96.